The number of hydrogen-bond acceptors (Lipinski definition) is 3. The van der Waals surface area contributed by atoms with Gasteiger partial charge in [0.25, 0.3) is 5.96 Å². The Morgan fingerprint density at radius 2 is 2.21 bits per heavy atom. The number of nitrogens with two attached hydrogens (primary N) is 1. The maximum absolute atomic E-state index is 8.54. The Hall–Kier alpha value is -1.56. The van der Waals surface area contributed by atoms with Crippen LogP contribution in [0.4, 0.5) is 0 Å². The Kier molecular flexibility index (Phi) is 2.12. The molecule has 0 unspecified atom stereocenters. The maximum atomic E-state index is 8.54. The average molecular weight is 255 g/mol. The molecule has 2 rings (SSSR count). The van der Waals surface area contributed by atoms with Crippen LogP contribution in [0.5, 0.6) is 0 Å². The number of oxime groups is 1. The molecule has 5 nitrogen and oxygen atoms in total. The minimum absolute atomic E-state index is 0.0631. The molecule has 6 heteroatoms. The van der Waals surface area contributed by atoms with Crippen LogP contribution in [0.2, 0.25) is 0 Å². The normalized spacial score (nSPS) is 12.2. The van der Waals surface area contributed by atoms with Gasteiger partial charge in [-0.1, -0.05) is 18.2 Å². The van der Waals surface area contributed by atoms with Crippen molar-refractivity contribution in [3.8, 4) is 0 Å². The Morgan fingerprint density at radius 3 is 2.93 bits per heavy atom. The lowest BCUT2D eigenvalue weighted by molar-refractivity contribution is 0.315. The van der Waals surface area contributed by atoms with Gasteiger partial charge < -0.3 is 10.9 Å². The topological polar surface area (TPSA) is 76.4 Å². The first-order valence-electron chi connectivity index (χ1n) is 3.85. The van der Waals surface area contributed by atoms with Gasteiger partial charge in [-0.25, -0.2) is 0 Å². The van der Waals surface area contributed by atoms with E-state index >= 15 is 0 Å². The smallest absolute Gasteiger partial charge is 0.258 e. The lowest BCUT2D eigenvalue weighted by Crippen LogP contribution is -2.23. The van der Waals surface area contributed by atoms with E-state index in [0.29, 0.717) is 4.60 Å². The SMILES string of the molecule is N/C(=N\O)n1nc(Br)c2ccccc21. The van der Waals surface area contributed by atoms with E-state index in [2.05, 4.69) is 26.2 Å². The molecule has 72 valence electrons. The minimum atomic E-state index is -0.0631. The monoisotopic (exact) mass is 254 g/mol. The van der Waals surface area contributed by atoms with Crippen LogP contribution in [0.25, 0.3) is 10.9 Å². The number of aromatic nitrogens is 2. The van der Waals surface area contributed by atoms with Crippen LogP contribution in [0.3, 0.4) is 0 Å². The number of nitrogens with zero attached hydrogens (tertiary/aromatic N) is 3. The third kappa shape index (κ3) is 1.24. The second-order valence-corrected chi connectivity index (χ2v) is 3.43. The number of benzene rings is 1. The molecule has 1 aromatic carbocycles. The first-order chi connectivity index (χ1) is 6.74. The van der Waals surface area contributed by atoms with Crippen molar-refractivity contribution in [2.24, 2.45) is 10.9 Å². The summed E-state index contributed by atoms with van der Waals surface area (Å²) in [6.45, 7) is 0. The molecule has 1 aromatic heterocycles. The summed E-state index contributed by atoms with van der Waals surface area (Å²) in [4.78, 5) is 0. The molecule has 1 heterocycles. The summed E-state index contributed by atoms with van der Waals surface area (Å²) < 4.78 is 2.03. The summed E-state index contributed by atoms with van der Waals surface area (Å²) in [6.07, 6.45) is 0. The molecule has 0 saturated carbocycles. The van der Waals surface area contributed by atoms with Crippen LogP contribution in [0, 0.1) is 0 Å². The molecule has 0 aliphatic carbocycles. The molecular weight excluding hydrogens is 248 g/mol. The summed E-state index contributed by atoms with van der Waals surface area (Å²) in [7, 11) is 0. The maximum Gasteiger partial charge on any atom is 0.258 e. The molecule has 0 saturated heterocycles. The van der Waals surface area contributed by atoms with Crippen LogP contribution in [-0.2, 0) is 0 Å². The van der Waals surface area contributed by atoms with E-state index in [1.165, 1.54) is 4.68 Å². The third-order valence-electron chi connectivity index (χ3n) is 1.86. The number of rotatable bonds is 0. The molecule has 14 heavy (non-hydrogen) atoms. The summed E-state index contributed by atoms with van der Waals surface area (Å²) in [6, 6.07) is 7.49. The molecule has 3 N–H and O–H groups in total. The van der Waals surface area contributed by atoms with E-state index in [9.17, 15) is 0 Å². The Morgan fingerprint density at radius 1 is 1.50 bits per heavy atom. The Bertz CT molecular complexity index is 505. The van der Waals surface area contributed by atoms with Gasteiger partial charge in [-0.05, 0) is 27.2 Å². The average Bonchev–Trinajstić information content (AvgIpc) is 2.56. The molecule has 0 radical (unpaired) electrons. The van der Waals surface area contributed by atoms with Crippen LogP contribution in [-0.4, -0.2) is 20.9 Å². The van der Waals surface area contributed by atoms with Gasteiger partial charge in [0.2, 0.25) is 0 Å². The van der Waals surface area contributed by atoms with Crippen molar-refractivity contribution in [2.45, 2.75) is 0 Å². The number of hydrogen-bond donors (Lipinski definition) is 2. The van der Waals surface area contributed by atoms with Crippen molar-refractivity contribution in [1.82, 2.24) is 9.78 Å². The van der Waals surface area contributed by atoms with Crippen molar-refractivity contribution in [3.63, 3.8) is 0 Å². The molecule has 0 fully saturated rings. The van der Waals surface area contributed by atoms with Gasteiger partial charge in [-0.3, -0.25) is 0 Å². The zero-order chi connectivity index (χ0) is 10.1. The zero-order valence-corrected chi connectivity index (χ0v) is 8.64. The molecule has 2 aromatic rings. The van der Waals surface area contributed by atoms with Crippen molar-refractivity contribution in [2.75, 3.05) is 0 Å². The van der Waals surface area contributed by atoms with Crippen molar-refractivity contribution in [3.05, 3.63) is 28.9 Å². The fraction of sp³-hybridized carbons (Fsp3) is 0. The highest BCUT2D eigenvalue weighted by Crippen LogP contribution is 2.22. The fourth-order valence-corrected chi connectivity index (χ4v) is 1.74. The predicted molar refractivity (Wildman–Crippen MR) is 56.2 cm³/mol. The molecule has 0 atom stereocenters. The van der Waals surface area contributed by atoms with E-state index in [0.717, 1.165) is 10.9 Å². The summed E-state index contributed by atoms with van der Waals surface area (Å²) in [5, 5.41) is 16.4. The van der Waals surface area contributed by atoms with Gasteiger partial charge in [0, 0.05) is 5.39 Å². The molecule has 0 amide bonds. The highest BCUT2D eigenvalue weighted by molar-refractivity contribution is 9.10. The number of fused-ring (bicyclic) bond motifs is 1. The Labute approximate surface area is 87.9 Å². The van der Waals surface area contributed by atoms with E-state index in [1.54, 1.807) is 0 Å². The van der Waals surface area contributed by atoms with Gasteiger partial charge in [0.05, 0.1) is 5.52 Å². The van der Waals surface area contributed by atoms with E-state index in [-0.39, 0.29) is 5.96 Å². The third-order valence-corrected chi connectivity index (χ3v) is 2.45. The standard InChI is InChI=1S/C8H7BrN4O/c9-7-5-3-1-2-4-6(5)13(11-7)8(10)12-14/h1-4,14H,(H2,10,12). The first kappa shape index (κ1) is 9.01. The van der Waals surface area contributed by atoms with Crippen LogP contribution >= 0.6 is 15.9 Å². The lowest BCUT2D eigenvalue weighted by Gasteiger charge is -1.97. The van der Waals surface area contributed by atoms with Gasteiger partial charge in [0.15, 0.2) is 0 Å². The molecule has 0 aliphatic heterocycles. The fourth-order valence-electron chi connectivity index (χ4n) is 1.25. The second kappa shape index (κ2) is 3.30. The van der Waals surface area contributed by atoms with E-state index in [1.807, 2.05) is 24.3 Å². The highest BCUT2D eigenvalue weighted by atomic mass is 79.9. The second-order valence-electron chi connectivity index (χ2n) is 2.68. The van der Waals surface area contributed by atoms with Gasteiger partial charge in [0.1, 0.15) is 4.60 Å². The number of para-hydroxylation sites is 1. The zero-order valence-electron chi connectivity index (χ0n) is 7.05. The minimum Gasteiger partial charge on any atom is -0.408 e. The first-order valence-corrected chi connectivity index (χ1v) is 4.64. The number of halogens is 1. The summed E-state index contributed by atoms with van der Waals surface area (Å²) in [5.41, 5.74) is 6.24. The quantitative estimate of drug-likeness (QED) is 0.323. The molecule has 0 bridgehead atoms. The van der Waals surface area contributed by atoms with Crippen LogP contribution < -0.4 is 5.73 Å². The summed E-state index contributed by atoms with van der Waals surface area (Å²) >= 11 is 3.29. The van der Waals surface area contributed by atoms with Gasteiger partial charge in [-0.15, -0.1) is 0 Å². The van der Waals surface area contributed by atoms with Gasteiger partial charge >= 0.3 is 0 Å². The Balaban J connectivity index is 2.79. The van der Waals surface area contributed by atoms with Crippen molar-refractivity contribution in [1.29, 1.82) is 0 Å². The van der Waals surface area contributed by atoms with E-state index in [4.69, 9.17) is 10.9 Å². The highest BCUT2D eigenvalue weighted by Gasteiger charge is 2.09. The largest absolute Gasteiger partial charge is 0.408 e. The molecule has 0 aliphatic rings. The predicted octanol–water partition coefficient (Wildman–Crippen LogP) is 1.35. The lowest BCUT2D eigenvalue weighted by atomic mass is 10.3. The van der Waals surface area contributed by atoms with Crippen molar-refractivity contribution >= 4 is 32.8 Å². The summed E-state index contributed by atoms with van der Waals surface area (Å²) in [5.74, 6) is -0.0631. The van der Waals surface area contributed by atoms with Crippen LogP contribution in [0.15, 0.2) is 34.0 Å². The molecule has 0 spiro atoms. The van der Waals surface area contributed by atoms with Gasteiger partial charge in [-0.2, -0.15) is 9.78 Å². The molecular formula is C8H7BrN4O. The van der Waals surface area contributed by atoms with Crippen LogP contribution in [0.1, 0.15) is 0 Å². The van der Waals surface area contributed by atoms with Crippen molar-refractivity contribution < 1.29 is 5.21 Å². The van der Waals surface area contributed by atoms with E-state index < -0.39 is 0 Å².